The van der Waals surface area contributed by atoms with Crippen molar-refractivity contribution < 1.29 is 19.4 Å². The topological polar surface area (TPSA) is 66.8 Å². The van der Waals surface area contributed by atoms with Crippen molar-refractivity contribution >= 4 is 17.7 Å². The molecule has 0 saturated heterocycles. The number of rotatable bonds is 3. The number of benzene rings is 2. The highest BCUT2D eigenvalue weighted by atomic mass is 16.5. The fourth-order valence-electron chi connectivity index (χ4n) is 3.06. The van der Waals surface area contributed by atoms with Gasteiger partial charge in [-0.1, -0.05) is 30.3 Å². The van der Waals surface area contributed by atoms with Crippen LogP contribution in [0.2, 0.25) is 0 Å². The molecule has 0 saturated carbocycles. The van der Waals surface area contributed by atoms with E-state index in [2.05, 4.69) is 0 Å². The summed E-state index contributed by atoms with van der Waals surface area (Å²) in [5.74, 6) is -0.386. The lowest BCUT2D eigenvalue weighted by atomic mass is 9.95. The molecule has 0 atom stereocenters. The Labute approximate surface area is 140 Å². The molecule has 5 heteroatoms. The van der Waals surface area contributed by atoms with E-state index in [1.165, 1.54) is 4.90 Å². The van der Waals surface area contributed by atoms with Crippen LogP contribution >= 0.6 is 0 Å². The Kier molecular flexibility index (Phi) is 4.51. The summed E-state index contributed by atoms with van der Waals surface area (Å²) < 4.78 is 5.38. The van der Waals surface area contributed by atoms with Crippen molar-refractivity contribution in [3.8, 4) is 0 Å². The molecule has 0 spiro atoms. The van der Waals surface area contributed by atoms with Gasteiger partial charge in [0.05, 0.1) is 11.3 Å². The number of carboxylic acid groups (broad SMARTS) is 1. The van der Waals surface area contributed by atoms with Gasteiger partial charge < -0.3 is 9.84 Å². The predicted molar refractivity (Wildman–Crippen MR) is 90.4 cm³/mol. The van der Waals surface area contributed by atoms with Crippen molar-refractivity contribution in [3.05, 3.63) is 64.7 Å². The van der Waals surface area contributed by atoms with Crippen LogP contribution in [0.5, 0.6) is 0 Å². The van der Waals surface area contributed by atoms with Crippen LogP contribution in [-0.4, -0.2) is 23.7 Å². The highest BCUT2D eigenvalue weighted by Gasteiger charge is 2.25. The minimum atomic E-state index is -0.947. The third kappa shape index (κ3) is 3.11. The number of carbonyl (C=O) groups excluding carboxylic acids is 1. The predicted octanol–water partition coefficient (Wildman–Crippen LogP) is 3.78. The second kappa shape index (κ2) is 6.74. The quantitative estimate of drug-likeness (QED) is 0.872. The molecule has 0 bridgehead atoms. The zero-order chi connectivity index (χ0) is 17.1. The molecule has 0 fully saturated rings. The fourth-order valence-corrected chi connectivity index (χ4v) is 3.06. The lowest BCUT2D eigenvalue weighted by molar-refractivity contribution is 0.0472. The van der Waals surface area contributed by atoms with Crippen LogP contribution in [-0.2, 0) is 17.8 Å². The maximum absolute atomic E-state index is 12.1. The second-order valence-corrected chi connectivity index (χ2v) is 5.84. The number of aryl methyl sites for hydroxylation is 1. The maximum atomic E-state index is 12.1. The monoisotopic (exact) mass is 325 g/mol. The van der Waals surface area contributed by atoms with E-state index in [9.17, 15) is 14.7 Å². The third-order valence-electron chi connectivity index (χ3n) is 4.32. The molecule has 1 aliphatic heterocycles. The van der Waals surface area contributed by atoms with E-state index in [1.54, 1.807) is 24.3 Å². The van der Waals surface area contributed by atoms with Gasteiger partial charge >= 0.3 is 12.1 Å². The van der Waals surface area contributed by atoms with Crippen molar-refractivity contribution in [2.75, 3.05) is 11.4 Å². The standard InChI is InChI=1S/C19H19NO4/c1-13-16(12-24-18(21)15-6-3-2-4-7-15)10-9-14-8-5-11-20(17(13)14)19(22)23/h2-4,6-7,9-10H,5,8,11-12H2,1H3,(H,22,23). The zero-order valence-corrected chi connectivity index (χ0v) is 13.5. The zero-order valence-electron chi connectivity index (χ0n) is 13.5. The van der Waals surface area contributed by atoms with E-state index < -0.39 is 6.09 Å². The van der Waals surface area contributed by atoms with Crippen LogP contribution in [0.4, 0.5) is 10.5 Å². The highest BCUT2D eigenvalue weighted by molar-refractivity contribution is 5.90. The highest BCUT2D eigenvalue weighted by Crippen LogP contribution is 2.33. The Balaban J connectivity index is 1.81. The van der Waals surface area contributed by atoms with Crippen molar-refractivity contribution in [1.29, 1.82) is 0 Å². The maximum Gasteiger partial charge on any atom is 0.411 e. The molecule has 0 radical (unpaired) electrons. The average Bonchev–Trinajstić information content (AvgIpc) is 2.61. The summed E-state index contributed by atoms with van der Waals surface area (Å²) in [5, 5.41) is 9.41. The first-order valence-corrected chi connectivity index (χ1v) is 7.92. The van der Waals surface area contributed by atoms with Crippen LogP contribution in [0.1, 0.15) is 33.5 Å². The molecule has 1 aliphatic rings. The average molecular weight is 325 g/mol. The molecule has 0 unspecified atom stereocenters. The number of ether oxygens (including phenoxy) is 1. The Morgan fingerprint density at radius 1 is 1.17 bits per heavy atom. The molecule has 0 aliphatic carbocycles. The molecule has 2 aromatic rings. The first kappa shape index (κ1) is 16.1. The Hall–Kier alpha value is -2.82. The Morgan fingerprint density at radius 2 is 1.92 bits per heavy atom. The van der Waals surface area contributed by atoms with E-state index in [-0.39, 0.29) is 12.6 Å². The lowest BCUT2D eigenvalue weighted by Crippen LogP contribution is -2.35. The van der Waals surface area contributed by atoms with Crippen molar-refractivity contribution in [2.45, 2.75) is 26.4 Å². The Morgan fingerprint density at radius 3 is 2.62 bits per heavy atom. The lowest BCUT2D eigenvalue weighted by Gasteiger charge is -2.29. The first-order chi connectivity index (χ1) is 11.6. The van der Waals surface area contributed by atoms with E-state index >= 15 is 0 Å². The van der Waals surface area contributed by atoms with Crippen LogP contribution in [0.3, 0.4) is 0 Å². The fraction of sp³-hybridized carbons (Fsp3) is 0.263. The molecular formula is C19H19NO4. The van der Waals surface area contributed by atoms with E-state index in [0.717, 1.165) is 35.2 Å². The van der Waals surface area contributed by atoms with E-state index in [0.29, 0.717) is 12.1 Å². The number of esters is 1. The molecule has 24 heavy (non-hydrogen) atoms. The molecule has 2 aromatic carbocycles. The van der Waals surface area contributed by atoms with Crippen LogP contribution in [0.15, 0.2) is 42.5 Å². The molecule has 0 aromatic heterocycles. The number of hydrogen-bond donors (Lipinski definition) is 1. The summed E-state index contributed by atoms with van der Waals surface area (Å²) in [7, 11) is 0. The molecule has 1 amide bonds. The van der Waals surface area contributed by atoms with Gasteiger partial charge in [0.15, 0.2) is 0 Å². The van der Waals surface area contributed by atoms with Crippen molar-refractivity contribution in [3.63, 3.8) is 0 Å². The van der Waals surface area contributed by atoms with Gasteiger partial charge in [0.25, 0.3) is 0 Å². The van der Waals surface area contributed by atoms with Gasteiger partial charge in [0.2, 0.25) is 0 Å². The van der Waals surface area contributed by atoms with Gasteiger partial charge in [0.1, 0.15) is 6.61 Å². The summed E-state index contributed by atoms with van der Waals surface area (Å²) in [6.07, 6.45) is 0.739. The minimum absolute atomic E-state index is 0.125. The molecule has 1 N–H and O–H groups in total. The number of amides is 1. The van der Waals surface area contributed by atoms with Gasteiger partial charge in [0, 0.05) is 6.54 Å². The molecular weight excluding hydrogens is 306 g/mol. The molecule has 3 rings (SSSR count). The van der Waals surface area contributed by atoms with E-state index in [1.807, 2.05) is 25.1 Å². The van der Waals surface area contributed by atoms with Gasteiger partial charge in [-0.2, -0.15) is 0 Å². The number of nitrogens with zero attached hydrogens (tertiary/aromatic N) is 1. The van der Waals surface area contributed by atoms with Gasteiger partial charge in [-0.05, 0) is 48.6 Å². The van der Waals surface area contributed by atoms with E-state index in [4.69, 9.17) is 4.74 Å². The summed E-state index contributed by atoms with van der Waals surface area (Å²) in [6, 6.07) is 12.7. The van der Waals surface area contributed by atoms with Gasteiger partial charge in [-0.25, -0.2) is 9.59 Å². The number of fused-ring (bicyclic) bond motifs is 1. The Bertz CT molecular complexity index is 770. The third-order valence-corrected chi connectivity index (χ3v) is 4.32. The summed E-state index contributed by atoms with van der Waals surface area (Å²) in [4.78, 5) is 24.9. The van der Waals surface area contributed by atoms with Gasteiger partial charge in [-0.15, -0.1) is 0 Å². The minimum Gasteiger partial charge on any atom is -0.465 e. The smallest absolute Gasteiger partial charge is 0.411 e. The molecule has 124 valence electrons. The first-order valence-electron chi connectivity index (χ1n) is 7.92. The summed E-state index contributed by atoms with van der Waals surface area (Å²) in [5.41, 5.74) is 3.95. The van der Waals surface area contributed by atoms with Crippen molar-refractivity contribution in [2.24, 2.45) is 0 Å². The molecule has 5 nitrogen and oxygen atoms in total. The van der Waals surface area contributed by atoms with Crippen LogP contribution in [0.25, 0.3) is 0 Å². The summed E-state index contributed by atoms with van der Waals surface area (Å²) >= 11 is 0. The largest absolute Gasteiger partial charge is 0.465 e. The number of anilines is 1. The number of carbonyl (C=O) groups is 2. The van der Waals surface area contributed by atoms with Crippen LogP contribution in [0, 0.1) is 6.92 Å². The normalized spacial score (nSPS) is 13.3. The second-order valence-electron chi connectivity index (χ2n) is 5.84. The summed E-state index contributed by atoms with van der Waals surface area (Å²) in [6.45, 7) is 2.50. The van der Waals surface area contributed by atoms with Crippen LogP contribution < -0.4 is 4.90 Å². The molecule has 1 heterocycles. The number of hydrogen-bond acceptors (Lipinski definition) is 3. The SMILES string of the molecule is Cc1c(COC(=O)c2ccccc2)ccc2c1N(C(=O)O)CCC2. The van der Waals surface area contributed by atoms with Crippen molar-refractivity contribution in [1.82, 2.24) is 0 Å². The van der Waals surface area contributed by atoms with Gasteiger partial charge in [-0.3, -0.25) is 4.90 Å².